The van der Waals surface area contributed by atoms with Gasteiger partial charge in [0.2, 0.25) is 0 Å². The van der Waals surface area contributed by atoms with E-state index in [2.05, 4.69) is 10.2 Å². The Balaban J connectivity index is -0.0000000817. The van der Waals surface area contributed by atoms with Crippen LogP contribution in [-0.4, -0.2) is 26.2 Å². The van der Waals surface area contributed by atoms with Gasteiger partial charge in [-0.2, -0.15) is 0 Å². The van der Waals surface area contributed by atoms with Crippen LogP contribution in [0.3, 0.4) is 0 Å². The van der Waals surface area contributed by atoms with Gasteiger partial charge in [0.25, 0.3) is 0 Å². The Morgan fingerprint density at radius 2 is 1.64 bits per heavy atom. The smallest absolute Gasteiger partial charge is 1.00 e. The first-order valence-electron chi connectivity index (χ1n) is 2.66. The summed E-state index contributed by atoms with van der Waals surface area (Å²) in [6.07, 6.45) is 0. The molecular formula is C4H12Cl3N3Pt. The Labute approximate surface area is 99.4 Å². The maximum atomic E-state index is 5.19. The molecule has 3 nitrogen and oxygen atoms in total. The first kappa shape index (κ1) is 22.9. The van der Waals surface area contributed by atoms with E-state index in [-0.39, 0.29) is 45.9 Å². The fourth-order valence-electron chi connectivity index (χ4n) is 0.363. The Hall–Kier alpha value is 1.44. The summed E-state index contributed by atoms with van der Waals surface area (Å²) in [5, 5.41) is 3.06. The van der Waals surface area contributed by atoms with Gasteiger partial charge < -0.3 is 35.9 Å². The Kier molecular flexibility index (Phi) is 46.8. The van der Waals surface area contributed by atoms with Crippen molar-refractivity contribution in [1.29, 1.82) is 0 Å². The summed E-state index contributed by atoms with van der Waals surface area (Å²) in [5.74, 6) is 0. The monoisotopic (exact) mass is 402 g/mol. The summed E-state index contributed by atoms with van der Waals surface area (Å²) < 4.78 is 0. The number of hydrogen-bond donors (Lipinski definition) is 3. The minimum absolute atomic E-state index is 0. The zero-order valence-electron chi connectivity index (χ0n) is 5.86. The summed E-state index contributed by atoms with van der Waals surface area (Å²) in [5.41, 5.74) is 5.19. The van der Waals surface area contributed by atoms with Crippen LogP contribution in [0.15, 0.2) is 0 Å². The Morgan fingerprint density at radius 1 is 1.09 bits per heavy atom. The van der Waals surface area contributed by atoms with Crippen LogP contribution in [0.5, 0.6) is 0 Å². The fraction of sp³-hybridized carbons (Fsp3) is 1.00. The van der Waals surface area contributed by atoms with E-state index in [4.69, 9.17) is 17.5 Å². The van der Waals surface area contributed by atoms with E-state index >= 15 is 0 Å². The molecule has 0 aliphatic heterocycles. The van der Waals surface area contributed by atoms with Crippen LogP contribution in [0.1, 0.15) is 0 Å². The van der Waals surface area contributed by atoms with Gasteiger partial charge in [-0.3, -0.25) is 0 Å². The van der Waals surface area contributed by atoms with E-state index in [9.17, 15) is 0 Å². The molecule has 4 N–H and O–H groups in total. The van der Waals surface area contributed by atoms with Crippen LogP contribution in [-0.2, 0) is 21.1 Å². The third-order valence-corrected chi connectivity index (χ3v) is 0.906. The number of rotatable bonds is 5. The van der Waals surface area contributed by atoms with Crippen LogP contribution in [0.4, 0.5) is 0 Å². The largest absolute Gasteiger partial charge is 2.00 e. The van der Waals surface area contributed by atoms with E-state index in [0.29, 0.717) is 6.54 Å². The topological polar surface area (TPSA) is 50.1 Å². The molecule has 0 aromatic heterocycles. The van der Waals surface area contributed by atoms with Gasteiger partial charge in [-0.15, -0.1) is 0 Å². The molecule has 0 atom stereocenters. The molecule has 0 aliphatic carbocycles. The van der Waals surface area contributed by atoms with Gasteiger partial charge in [0.05, 0.1) is 0 Å². The number of halogens is 3. The van der Waals surface area contributed by atoms with Crippen molar-refractivity contribution in [1.82, 2.24) is 10.2 Å². The van der Waals surface area contributed by atoms with Crippen molar-refractivity contribution in [2.45, 2.75) is 0 Å². The molecule has 0 aliphatic rings. The Morgan fingerprint density at radius 3 is 2.00 bits per heavy atom. The Bertz CT molecular complexity index is 45.6. The maximum Gasteiger partial charge on any atom is 2.00 e. The maximum absolute atomic E-state index is 5.19. The van der Waals surface area contributed by atoms with Crippen molar-refractivity contribution in [3.63, 3.8) is 0 Å². The second-order valence-corrected chi connectivity index (χ2v) is 1.69. The van der Waals surface area contributed by atoms with Gasteiger partial charge >= 0.3 is 21.1 Å². The van der Waals surface area contributed by atoms with Crippen molar-refractivity contribution >= 4 is 11.8 Å². The van der Waals surface area contributed by atoms with Gasteiger partial charge in [0, 0.05) is 26.2 Å². The normalized spacial score (nSPS) is 7.09. The van der Waals surface area contributed by atoms with Crippen LogP contribution in [0.25, 0.3) is 0 Å². The first-order valence-corrected chi connectivity index (χ1v) is 3.04. The third-order valence-electron chi connectivity index (χ3n) is 0.717. The molecule has 0 amide bonds. The van der Waals surface area contributed by atoms with E-state index < -0.39 is 0 Å². The van der Waals surface area contributed by atoms with Crippen LogP contribution in [0, 0.1) is 0 Å². The average Bonchev–Trinajstić information content (AvgIpc) is 1.81. The van der Waals surface area contributed by atoms with E-state index in [0.717, 1.165) is 19.6 Å². The van der Waals surface area contributed by atoms with Gasteiger partial charge in [-0.1, -0.05) is 0 Å². The molecule has 0 aromatic rings. The molecule has 0 fully saturated rings. The first-order chi connectivity index (χ1) is 3.91. The molecule has 0 rings (SSSR count). The molecule has 0 heterocycles. The zero-order chi connectivity index (χ0) is 6.24. The average molecular weight is 404 g/mol. The molecule has 7 heteroatoms. The molecule has 11 heavy (non-hydrogen) atoms. The molecule has 0 aromatic carbocycles. The molecular weight excluding hydrogens is 392 g/mol. The summed E-state index contributed by atoms with van der Waals surface area (Å²) in [4.78, 5) is 2.50. The standard InChI is InChI=1S/C4H12ClN3.2ClH.Pt/c5-8-4-3-7-2-1-6;;;/h7-8H,1-4,6H2;2*1H;/q;;;+2/p-2. The molecule has 74 valence electrons. The van der Waals surface area contributed by atoms with Crippen LogP contribution < -0.4 is 40.7 Å². The minimum atomic E-state index is 0. The predicted octanol–water partition coefficient (Wildman–Crippen LogP) is -6.72. The van der Waals surface area contributed by atoms with E-state index in [1.54, 1.807) is 0 Å². The summed E-state index contributed by atoms with van der Waals surface area (Å²) >= 11 is 5.16. The molecule has 0 saturated heterocycles. The number of hydrogen-bond acceptors (Lipinski definition) is 3. The quantitative estimate of drug-likeness (QED) is 0.316. The minimum Gasteiger partial charge on any atom is -1.00 e. The van der Waals surface area contributed by atoms with Crippen LogP contribution in [0.2, 0.25) is 0 Å². The summed E-state index contributed by atoms with van der Waals surface area (Å²) in [6, 6.07) is 0. The second-order valence-electron chi connectivity index (χ2n) is 1.42. The third kappa shape index (κ3) is 24.6. The van der Waals surface area contributed by atoms with Crippen LogP contribution >= 0.6 is 11.8 Å². The number of nitrogens with two attached hydrogens (primary N) is 1. The van der Waals surface area contributed by atoms with Crippen molar-refractivity contribution < 1.29 is 45.9 Å². The van der Waals surface area contributed by atoms with E-state index in [1.807, 2.05) is 0 Å². The van der Waals surface area contributed by atoms with Gasteiger partial charge in [0.15, 0.2) is 0 Å². The fourth-order valence-corrected chi connectivity index (χ4v) is 0.457. The number of nitrogens with one attached hydrogen (secondary N) is 2. The van der Waals surface area contributed by atoms with Crippen molar-refractivity contribution in [2.24, 2.45) is 5.73 Å². The molecule has 0 spiro atoms. The SMILES string of the molecule is NCCNCCNCl.[Cl-].[Cl-].[Pt+2]. The molecule has 0 saturated carbocycles. The van der Waals surface area contributed by atoms with Gasteiger partial charge in [-0.05, 0) is 11.8 Å². The molecule has 0 bridgehead atoms. The zero-order valence-corrected chi connectivity index (χ0v) is 10.4. The van der Waals surface area contributed by atoms with Crippen molar-refractivity contribution in [2.75, 3.05) is 26.2 Å². The summed E-state index contributed by atoms with van der Waals surface area (Å²) in [6.45, 7) is 3.20. The van der Waals surface area contributed by atoms with E-state index in [1.165, 1.54) is 0 Å². The van der Waals surface area contributed by atoms with Gasteiger partial charge in [0.1, 0.15) is 0 Å². The second kappa shape index (κ2) is 22.5. The molecule has 0 radical (unpaired) electrons. The molecule has 0 unspecified atom stereocenters. The summed E-state index contributed by atoms with van der Waals surface area (Å²) in [7, 11) is 0. The van der Waals surface area contributed by atoms with Crippen molar-refractivity contribution in [3.05, 3.63) is 0 Å². The predicted molar refractivity (Wildman–Crippen MR) is 35.8 cm³/mol. The van der Waals surface area contributed by atoms with Crippen molar-refractivity contribution in [3.8, 4) is 0 Å². The van der Waals surface area contributed by atoms with Gasteiger partial charge in [-0.25, -0.2) is 4.84 Å².